The van der Waals surface area contributed by atoms with Crippen LogP contribution >= 0.6 is 24.0 Å². The van der Waals surface area contributed by atoms with Crippen molar-refractivity contribution in [2.45, 2.75) is 6.92 Å². The largest absolute Gasteiger partial charge is 0.355 e. The van der Waals surface area contributed by atoms with Gasteiger partial charge < -0.3 is 5.32 Å². The molecule has 0 aromatic heterocycles. The lowest BCUT2D eigenvalue weighted by molar-refractivity contribution is -0.118. The number of carbonyl (C=O) groups excluding carboxylic acids is 1. The van der Waals surface area contributed by atoms with Crippen LogP contribution in [0.3, 0.4) is 0 Å². The lowest BCUT2D eigenvalue weighted by atomic mass is 10.6. The van der Waals surface area contributed by atoms with Gasteiger partial charge in [0.05, 0.1) is 0 Å². The fraction of sp³-hybridized carbons (Fsp3) is 0.750. The molecule has 0 unspecified atom stereocenters. The van der Waals surface area contributed by atoms with Gasteiger partial charge in [0, 0.05) is 6.54 Å². The van der Waals surface area contributed by atoms with E-state index in [1.165, 1.54) is 0 Å². The van der Waals surface area contributed by atoms with Crippen molar-refractivity contribution in [2.75, 3.05) is 12.4 Å². The van der Waals surface area contributed by atoms with Gasteiger partial charge in [0.1, 0.15) is 5.88 Å². The standard InChI is InChI=1S/C4H8ClNO.ClH/c1-2-6-4(7)3-5;/h2-3H2,1H3,(H,6,7);1H. The number of amides is 1. The SMILES string of the molecule is CCNC(=O)CCl.Cl. The van der Waals surface area contributed by atoms with Crippen LogP contribution in [0.2, 0.25) is 0 Å². The molecule has 4 heteroatoms. The van der Waals surface area contributed by atoms with Crippen LogP contribution in [0.5, 0.6) is 0 Å². The second-order valence-electron chi connectivity index (χ2n) is 1.09. The molecule has 0 saturated heterocycles. The highest BCUT2D eigenvalue weighted by molar-refractivity contribution is 6.27. The Bertz CT molecular complexity index is 67.1. The first kappa shape index (κ1) is 10.9. The van der Waals surface area contributed by atoms with Gasteiger partial charge in [0.15, 0.2) is 0 Å². The summed E-state index contributed by atoms with van der Waals surface area (Å²) >= 11 is 5.12. The summed E-state index contributed by atoms with van der Waals surface area (Å²) in [5.41, 5.74) is 0. The number of alkyl halides is 1. The Hall–Kier alpha value is 0.0500. The van der Waals surface area contributed by atoms with Crippen molar-refractivity contribution in [1.29, 1.82) is 0 Å². The summed E-state index contributed by atoms with van der Waals surface area (Å²) in [6.07, 6.45) is 0. The van der Waals surface area contributed by atoms with Crippen LogP contribution in [0.15, 0.2) is 0 Å². The molecule has 0 spiro atoms. The Balaban J connectivity index is 0. The molecule has 2 nitrogen and oxygen atoms in total. The molecule has 0 aliphatic carbocycles. The Morgan fingerprint density at radius 3 is 2.38 bits per heavy atom. The summed E-state index contributed by atoms with van der Waals surface area (Å²) in [4.78, 5) is 10.2. The molecular weight excluding hydrogens is 149 g/mol. The van der Waals surface area contributed by atoms with Crippen LogP contribution in [-0.2, 0) is 4.79 Å². The maximum Gasteiger partial charge on any atom is 0.234 e. The van der Waals surface area contributed by atoms with Crippen LogP contribution < -0.4 is 5.32 Å². The van der Waals surface area contributed by atoms with E-state index in [-0.39, 0.29) is 24.2 Å². The molecule has 0 radical (unpaired) electrons. The monoisotopic (exact) mass is 157 g/mol. The van der Waals surface area contributed by atoms with Crippen molar-refractivity contribution in [3.05, 3.63) is 0 Å². The van der Waals surface area contributed by atoms with E-state index in [1.54, 1.807) is 0 Å². The van der Waals surface area contributed by atoms with Crippen LogP contribution in [0, 0.1) is 0 Å². The van der Waals surface area contributed by atoms with E-state index in [1.807, 2.05) is 6.92 Å². The molecule has 0 rings (SSSR count). The van der Waals surface area contributed by atoms with E-state index >= 15 is 0 Å². The van der Waals surface area contributed by atoms with Crippen LogP contribution in [0.25, 0.3) is 0 Å². The Morgan fingerprint density at radius 1 is 1.75 bits per heavy atom. The Morgan fingerprint density at radius 2 is 2.25 bits per heavy atom. The van der Waals surface area contributed by atoms with Gasteiger partial charge in [-0.15, -0.1) is 24.0 Å². The highest BCUT2D eigenvalue weighted by Crippen LogP contribution is 1.70. The normalized spacial score (nSPS) is 7.25. The number of halogens is 2. The van der Waals surface area contributed by atoms with Gasteiger partial charge in [0.2, 0.25) is 5.91 Å². The van der Waals surface area contributed by atoms with Gasteiger partial charge in [-0.1, -0.05) is 0 Å². The predicted molar refractivity (Wildman–Crippen MR) is 36.7 cm³/mol. The minimum atomic E-state index is -0.107. The number of nitrogens with one attached hydrogen (secondary N) is 1. The summed E-state index contributed by atoms with van der Waals surface area (Å²) in [6.45, 7) is 2.51. The zero-order chi connectivity index (χ0) is 5.70. The molecule has 0 atom stereocenters. The lowest BCUT2D eigenvalue weighted by Crippen LogP contribution is -2.23. The molecule has 0 fully saturated rings. The third-order valence-corrected chi connectivity index (χ3v) is 0.738. The molecule has 0 saturated carbocycles. The Labute approximate surface area is 60.0 Å². The molecule has 1 N–H and O–H groups in total. The van der Waals surface area contributed by atoms with Crippen molar-refractivity contribution < 1.29 is 4.79 Å². The van der Waals surface area contributed by atoms with Gasteiger partial charge in [0.25, 0.3) is 0 Å². The molecule has 0 aromatic rings. The maximum atomic E-state index is 10.2. The van der Waals surface area contributed by atoms with E-state index < -0.39 is 0 Å². The smallest absolute Gasteiger partial charge is 0.234 e. The summed E-state index contributed by atoms with van der Waals surface area (Å²) in [5, 5.41) is 2.52. The first-order chi connectivity index (χ1) is 3.31. The van der Waals surface area contributed by atoms with Crippen molar-refractivity contribution in [3.63, 3.8) is 0 Å². The predicted octanol–water partition coefficient (Wildman–Crippen LogP) is 0.783. The maximum absolute atomic E-state index is 10.2. The first-order valence-corrected chi connectivity index (χ1v) is 2.67. The molecular formula is C4H9Cl2NO. The van der Waals surface area contributed by atoms with E-state index in [9.17, 15) is 4.79 Å². The highest BCUT2D eigenvalue weighted by Gasteiger charge is 1.90. The second kappa shape index (κ2) is 7.05. The molecule has 0 bridgehead atoms. The average molecular weight is 158 g/mol. The zero-order valence-corrected chi connectivity index (χ0v) is 6.18. The zero-order valence-electron chi connectivity index (χ0n) is 4.61. The molecule has 1 amide bonds. The minimum Gasteiger partial charge on any atom is -0.355 e. The van der Waals surface area contributed by atoms with E-state index in [4.69, 9.17) is 11.6 Å². The summed E-state index contributed by atoms with van der Waals surface area (Å²) in [5.74, 6) is -0.0439. The lowest BCUT2D eigenvalue weighted by Gasteiger charge is -1.92. The first-order valence-electron chi connectivity index (χ1n) is 2.14. The summed E-state index contributed by atoms with van der Waals surface area (Å²) < 4.78 is 0. The van der Waals surface area contributed by atoms with Gasteiger partial charge in [-0.25, -0.2) is 0 Å². The van der Waals surface area contributed by atoms with Crippen LogP contribution in [0.4, 0.5) is 0 Å². The minimum absolute atomic E-state index is 0. The van der Waals surface area contributed by atoms with Gasteiger partial charge in [-0.3, -0.25) is 4.79 Å². The third kappa shape index (κ3) is 6.05. The van der Waals surface area contributed by atoms with E-state index in [0.29, 0.717) is 6.54 Å². The van der Waals surface area contributed by atoms with Gasteiger partial charge >= 0.3 is 0 Å². The summed E-state index contributed by atoms with van der Waals surface area (Å²) in [7, 11) is 0. The second-order valence-corrected chi connectivity index (χ2v) is 1.35. The van der Waals surface area contributed by atoms with Crippen LogP contribution in [0.1, 0.15) is 6.92 Å². The fourth-order valence-corrected chi connectivity index (χ4v) is 0.339. The number of hydrogen-bond donors (Lipinski definition) is 1. The van der Waals surface area contributed by atoms with Crippen molar-refractivity contribution >= 4 is 29.9 Å². The van der Waals surface area contributed by atoms with Gasteiger partial charge in [-0.05, 0) is 6.92 Å². The summed E-state index contributed by atoms with van der Waals surface area (Å²) in [6, 6.07) is 0. The third-order valence-electron chi connectivity index (χ3n) is 0.495. The number of rotatable bonds is 2. The van der Waals surface area contributed by atoms with Crippen molar-refractivity contribution in [2.24, 2.45) is 0 Å². The molecule has 0 aliphatic heterocycles. The average Bonchev–Trinajstić information content (AvgIpc) is 1.68. The highest BCUT2D eigenvalue weighted by atomic mass is 35.5. The molecule has 8 heavy (non-hydrogen) atoms. The molecule has 0 heterocycles. The number of hydrogen-bond acceptors (Lipinski definition) is 1. The topological polar surface area (TPSA) is 29.1 Å². The Kier molecular flexibility index (Phi) is 9.63. The molecule has 0 aliphatic rings. The van der Waals surface area contributed by atoms with E-state index in [0.717, 1.165) is 0 Å². The quantitative estimate of drug-likeness (QED) is 0.591. The van der Waals surface area contributed by atoms with Crippen molar-refractivity contribution in [1.82, 2.24) is 5.32 Å². The fourth-order valence-electron chi connectivity index (χ4n) is 0.244. The molecule has 0 aromatic carbocycles. The van der Waals surface area contributed by atoms with Gasteiger partial charge in [-0.2, -0.15) is 0 Å². The van der Waals surface area contributed by atoms with Crippen molar-refractivity contribution in [3.8, 4) is 0 Å². The number of carbonyl (C=O) groups is 1. The van der Waals surface area contributed by atoms with Crippen LogP contribution in [-0.4, -0.2) is 18.3 Å². The van der Waals surface area contributed by atoms with E-state index in [2.05, 4.69) is 5.32 Å². The molecule has 50 valence electrons.